The number of hydrogen-bond donors (Lipinski definition) is 2. The molecule has 2 aliphatic rings. The molecule has 0 unspecified atom stereocenters. The minimum atomic E-state index is -0.202. The maximum absolute atomic E-state index is 13.6. The molecule has 6 heteroatoms. The maximum Gasteiger partial charge on any atom is 0.126 e. The number of pyridine rings is 1. The van der Waals surface area contributed by atoms with E-state index in [0.29, 0.717) is 17.6 Å². The first-order valence-corrected chi connectivity index (χ1v) is 11.7. The van der Waals surface area contributed by atoms with Gasteiger partial charge >= 0.3 is 0 Å². The molecule has 1 fully saturated rings. The molecule has 1 saturated carbocycles. The van der Waals surface area contributed by atoms with Gasteiger partial charge in [0.05, 0.1) is 11.1 Å². The summed E-state index contributed by atoms with van der Waals surface area (Å²) in [6, 6.07) is 15.6. The highest BCUT2D eigenvalue weighted by Crippen LogP contribution is 2.37. The molecule has 166 valence electrons. The molecule has 32 heavy (non-hydrogen) atoms. The van der Waals surface area contributed by atoms with Crippen LogP contribution in [0.15, 0.2) is 54.7 Å². The van der Waals surface area contributed by atoms with Gasteiger partial charge in [-0.05, 0) is 73.1 Å². The third-order valence-electron chi connectivity index (χ3n) is 6.55. The number of nitrogens with one attached hydrogen (secondary N) is 1. The zero-order valence-electron chi connectivity index (χ0n) is 17.9. The predicted octanol–water partition coefficient (Wildman–Crippen LogP) is 5.82. The van der Waals surface area contributed by atoms with Crippen molar-refractivity contribution in [3.8, 4) is 11.1 Å². The Bertz CT molecular complexity index is 1110. The second-order valence-corrected chi connectivity index (χ2v) is 9.25. The fourth-order valence-electron chi connectivity index (χ4n) is 4.80. The van der Waals surface area contributed by atoms with Crippen molar-refractivity contribution in [3.05, 3.63) is 76.7 Å². The Morgan fingerprint density at radius 1 is 1.09 bits per heavy atom. The number of nitrogens with zero attached hydrogens (tertiary/aromatic N) is 2. The van der Waals surface area contributed by atoms with E-state index >= 15 is 0 Å². The van der Waals surface area contributed by atoms with E-state index in [1.807, 2.05) is 12.1 Å². The Balaban J connectivity index is 1.38. The SMILES string of the molecule is O[C@H]1CC[C@H](Nc2cc(-c3ccc4c(c3)N(Cc3cccc(F)c3)CC4)c(Cl)cn2)CC1. The Hall–Kier alpha value is -2.63. The number of aromatic nitrogens is 1. The molecule has 2 heterocycles. The number of halogens is 2. The molecule has 0 atom stereocenters. The van der Waals surface area contributed by atoms with E-state index in [9.17, 15) is 9.50 Å². The summed E-state index contributed by atoms with van der Waals surface area (Å²) in [7, 11) is 0. The molecule has 3 aromatic rings. The molecule has 0 amide bonds. The zero-order valence-corrected chi connectivity index (χ0v) is 18.7. The van der Waals surface area contributed by atoms with Gasteiger partial charge in [0, 0.05) is 36.6 Å². The Morgan fingerprint density at radius 3 is 2.75 bits per heavy atom. The van der Waals surface area contributed by atoms with Crippen LogP contribution in [0.3, 0.4) is 0 Å². The average molecular weight is 452 g/mol. The first-order chi connectivity index (χ1) is 15.5. The molecule has 1 aromatic heterocycles. The van der Waals surface area contributed by atoms with Crippen LogP contribution in [-0.2, 0) is 13.0 Å². The highest BCUT2D eigenvalue weighted by molar-refractivity contribution is 6.33. The summed E-state index contributed by atoms with van der Waals surface area (Å²) in [5, 5.41) is 13.9. The van der Waals surface area contributed by atoms with Gasteiger partial charge in [-0.2, -0.15) is 0 Å². The molecular formula is C26H27ClFN3O. The van der Waals surface area contributed by atoms with Gasteiger partial charge in [0.25, 0.3) is 0 Å². The second kappa shape index (κ2) is 9.08. The summed E-state index contributed by atoms with van der Waals surface area (Å²) < 4.78 is 13.6. The van der Waals surface area contributed by atoms with E-state index in [0.717, 1.165) is 61.2 Å². The summed E-state index contributed by atoms with van der Waals surface area (Å²) in [5.74, 6) is 0.606. The summed E-state index contributed by atoms with van der Waals surface area (Å²) in [5.41, 5.74) is 5.43. The van der Waals surface area contributed by atoms with Crippen molar-refractivity contribution < 1.29 is 9.50 Å². The zero-order chi connectivity index (χ0) is 22.1. The van der Waals surface area contributed by atoms with Crippen molar-refractivity contribution in [2.24, 2.45) is 0 Å². The van der Waals surface area contributed by atoms with E-state index < -0.39 is 0 Å². The highest BCUT2D eigenvalue weighted by Gasteiger charge is 2.22. The number of fused-ring (bicyclic) bond motifs is 1. The van der Waals surface area contributed by atoms with Crippen molar-refractivity contribution in [1.29, 1.82) is 0 Å². The number of rotatable bonds is 5. The summed E-state index contributed by atoms with van der Waals surface area (Å²) >= 11 is 6.55. The summed E-state index contributed by atoms with van der Waals surface area (Å²) in [6.07, 6.45) is 6.03. The van der Waals surface area contributed by atoms with Gasteiger partial charge in [-0.3, -0.25) is 0 Å². The predicted molar refractivity (Wildman–Crippen MR) is 128 cm³/mol. The van der Waals surface area contributed by atoms with Gasteiger partial charge in [-0.1, -0.05) is 35.9 Å². The van der Waals surface area contributed by atoms with Crippen molar-refractivity contribution in [2.45, 2.75) is 50.8 Å². The van der Waals surface area contributed by atoms with Gasteiger partial charge in [0.15, 0.2) is 0 Å². The lowest BCUT2D eigenvalue weighted by molar-refractivity contribution is 0.126. The van der Waals surface area contributed by atoms with Crippen LogP contribution in [0.25, 0.3) is 11.1 Å². The summed E-state index contributed by atoms with van der Waals surface area (Å²) in [4.78, 5) is 6.78. The number of aliphatic hydroxyl groups is 1. The van der Waals surface area contributed by atoms with Crippen LogP contribution in [-0.4, -0.2) is 28.8 Å². The molecule has 2 aromatic carbocycles. The van der Waals surface area contributed by atoms with Crippen molar-refractivity contribution in [3.63, 3.8) is 0 Å². The largest absolute Gasteiger partial charge is 0.393 e. The first kappa shape index (κ1) is 21.2. The van der Waals surface area contributed by atoms with E-state index in [1.54, 1.807) is 18.3 Å². The van der Waals surface area contributed by atoms with Gasteiger partial charge in [0.1, 0.15) is 11.6 Å². The van der Waals surface area contributed by atoms with Crippen molar-refractivity contribution in [1.82, 2.24) is 4.98 Å². The van der Waals surface area contributed by atoms with E-state index in [-0.39, 0.29) is 11.9 Å². The second-order valence-electron chi connectivity index (χ2n) is 8.84. The van der Waals surface area contributed by atoms with E-state index in [2.05, 4.69) is 33.4 Å². The lowest BCUT2D eigenvalue weighted by Crippen LogP contribution is -2.28. The number of hydrogen-bond acceptors (Lipinski definition) is 4. The quantitative estimate of drug-likeness (QED) is 0.513. The lowest BCUT2D eigenvalue weighted by Gasteiger charge is -2.26. The van der Waals surface area contributed by atoms with Crippen LogP contribution in [0.5, 0.6) is 0 Å². The van der Waals surface area contributed by atoms with Crippen LogP contribution >= 0.6 is 11.6 Å². The number of anilines is 2. The minimum Gasteiger partial charge on any atom is -0.393 e. The molecule has 0 radical (unpaired) electrons. The topological polar surface area (TPSA) is 48.4 Å². The standard InChI is InChI=1S/C26H27ClFN3O/c27-24-15-29-26(30-21-6-8-22(32)9-7-21)14-23(24)19-5-4-18-10-11-31(25(18)13-19)16-17-2-1-3-20(28)12-17/h1-5,12-15,21-22,32H,6-11,16H2,(H,29,30)/t21-,22-. The van der Waals surface area contributed by atoms with E-state index in [1.165, 1.54) is 17.3 Å². The lowest BCUT2D eigenvalue weighted by atomic mass is 9.93. The molecule has 2 N–H and O–H groups in total. The van der Waals surface area contributed by atoms with Crippen molar-refractivity contribution in [2.75, 3.05) is 16.8 Å². The summed E-state index contributed by atoms with van der Waals surface area (Å²) in [6.45, 7) is 1.60. The Morgan fingerprint density at radius 2 is 1.94 bits per heavy atom. The third kappa shape index (κ3) is 4.59. The molecule has 1 aliphatic heterocycles. The van der Waals surface area contributed by atoms with Gasteiger partial charge in [0.2, 0.25) is 0 Å². The molecule has 5 rings (SSSR count). The molecule has 1 aliphatic carbocycles. The minimum absolute atomic E-state index is 0.177. The highest BCUT2D eigenvalue weighted by atomic mass is 35.5. The number of aliphatic hydroxyl groups excluding tert-OH is 1. The molecule has 4 nitrogen and oxygen atoms in total. The molecule has 0 spiro atoms. The van der Waals surface area contributed by atoms with E-state index in [4.69, 9.17) is 11.6 Å². The monoisotopic (exact) mass is 451 g/mol. The maximum atomic E-state index is 13.6. The van der Waals surface area contributed by atoms with Crippen LogP contribution in [0, 0.1) is 5.82 Å². The smallest absolute Gasteiger partial charge is 0.126 e. The average Bonchev–Trinajstić information content (AvgIpc) is 3.18. The fraction of sp³-hybridized carbons (Fsp3) is 0.346. The number of benzene rings is 2. The third-order valence-corrected chi connectivity index (χ3v) is 6.86. The van der Waals surface area contributed by atoms with Crippen LogP contribution in [0.1, 0.15) is 36.8 Å². The van der Waals surface area contributed by atoms with Crippen LogP contribution in [0.4, 0.5) is 15.9 Å². The first-order valence-electron chi connectivity index (χ1n) is 11.3. The van der Waals surface area contributed by atoms with Crippen LogP contribution < -0.4 is 10.2 Å². The van der Waals surface area contributed by atoms with Crippen LogP contribution in [0.2, 0.25) is 5.02 Å². The molecule has 0 saturated heterocycles. The van der Waals surface area contributed by atoms with Crippen molar-refractivity contribution >= 4 is 23.1 Å². The van der Waals surface area contributed by atoms with Gasteiger partial charge in [-0.25, -0.2) is 9.37 Å². The fourth-order valence-corrected chi connectivity index (χ4v) is 5.01. The van der Waals surface area contributed by atoms with Gasteiger partial charge < -0.3 is 15.3 Å². The molecular weight excluding hydrogens is 425 g/mol. The normalized spacial score (nSPS) is 20.3. The Labute approximate surface area is 193 Å². The Kier molecular flexibility index (Phi) is 6.03. The molecule has 0 bridgehead atoms. The van der Waals surface area contributed by atoms with Gasteiger partial charge in [-0.15, -0.1) is 0 Å².